The zero-order valence-electron chi connectivity index (χ0n) is 38.9. The largest absolute Gasteiger partial charge is 0.345 e. The van der Waals surface area contributed by atoms with Crippen molar-refractivity contribution in [1.29, 1.82) is 5.26 Å². The lowest BCUT2D eigenvalue weighted by molar-refractivity contribution is -0.144. The van der Waals surface area contributed by atoms with Crippen LogP contribution in [0.1, 0.15) is 55.5 Å². The smallest absolute Gasteiger partial charge is 0.321 e. The fraction of sp³-hybridized carbons (Fsp3) is 0.185. The Labute approximate surface area is 424 Å². The van der Waals surface area contributed by atoms with Crippen LogP contribution < -0.4 is 20.4 Å². The number of amides is 4. The third-order valence-electron chi connectivity index (χ3n) is 12.1. The van der Waals surface area contributed by atoms with E-state index in [-0.39, 0.29) is 24.7 Å². The van der Waals surface area contributed by atoms with Crippen LogP contribution in [0.25, 0.3) is 32.3 Å². The minimum absolute atomic E-state index is 0.0647. The molecule has 0 saturated carbocycles. The molecule has 2 aromatic heterocycles. The van der Waals surface area contributed by atoms with Gasteiger partial charge >= 0.3 is 11.8 Å². The van der Waals surface area contributed by atoms with Gasteiger partial charge in [-0.05, 0) is 71.8 Å². The summed E-state index contributed by atoms with van der Waals surface area (Å²) in [5.41, 5.74) is 6.28. The molecule has 0 bridgehead atoms. The fourth-order valence-electron chi connectivity index (χ4n) is 8.64. The van der Waals surface area contributed by atoms with Gasteiger partial charge in [-0.3, -0.25) is 24.3 Å². The molecule has 4 heterocycles. The molecule has 19 heteroatoms. The molecule has 73 heavy (non-hydrogen) atoms. The molecular formula is C54H43BrF4N10O4. The van der Waals surface area contributed by atoms with Gasteiger partial charge in [-0.1, -0.05) is 101 Å². The first-order valence-electron chi connectivity index (χ1n) is 22.6. The summed E-state index contributed by atoms with van der Waals surface area (Å²) in [6, 6.07) is 42.4. The molecule has 6 aromatic carbocycles. The van der Waals surface area contributed by atoms with E-state index in [1.807, 2.05) is 66.7 Å². The number of alkyl halides is 4. The molecule has 2 saturated heterocycles. The molecular weight excluding hydrogens is 1010 g/mol. The molecule has 14 nitrogen and oxygen atoms in total. The van der Waals surface area contributed by atoms with E-state index in [2.05, 4.69) is 52.8 Å². The molecule has 8 aromatic rings. The highest BCUT2D eigenvalue weighted by Gasteiger charge is 2.46. The van der Waals surface area contributed by atoms with Crippen LogP contribution in [-0.2, 0) is 19.2 Å². The van der Waals surface area contributed by atoms with Gasteiger partial charge in [-0.15, -0.1) is 0 Å². The predicted octanol–water partition coefficient (Wildman–Crippen LogP) is 10.7. The minimum Gasteiger partial charge on any atom is -0.345 e. The van der Waals surface area contributed by atoms with Crippen molar-refractivity contribution in [2.24, 2.45) is 0 Å². The Hall–Kier alpha value is -8.68. The fourth-order valence-corrected chi connectivity index (χ4v) is 8.90. The van der Waals surface area contributed by atoms with E-state index in [1.165, 1.54) is 0 Å². The number of halogens is 5. The van der Waals surface area contributed by atoms with Crippen molar-refractivity contribution >= 4 is 78.4 Å². The van der Waals surface area contributed by atoms with Crippen LogP contribution in [0.15, 0.2) is 162 Å². The highest BCUT2D eigenvalue weighted by Crippen LogP contribution is 2.40. The number of hydrogen-bond acceptors (Lipinski definition) is 7. The van der Waals surface area contributed by atoms with Gasteiger partial charge in [0.15, 0.2) is 5.69 Å². The van der Waals surface area contributed by atoms with E-state index >= 15 is 0 Å². The number of H-pyrrole nitrogens is 1. The van der Waals surface area contributed by atoms with Crippen LogP contribution in [0.2, 0.25) is 0 Å². The summed E-state index contributed by atoms with van der Waals surface area (Å²) in [5.74, 6) is -10.4. The number of nitriles is 1. The number of nitrogens with zero attached hydrogens (tertiary/aromatic N) is 7. The second-order valence-corrected chi connectivity index (χ2v) is 18.2. The van der Waals surface area contributed by atoms with Crippen LogP contribution in [0.3, 0.4) is 0 Å². The van der Waals surface area contributed by atoms with E-state index in [0.717, 1.165) is 43.1 Å². The Bertz CT molecular complexity index is 3390. The van der Waals surface area contributed by atoms with Gasteiger partial charge in [-0.25, -0.2) is 9.53 Å². The number of rotatable bonds is 9. The quantitative estimate of drug-likeness (QED) is 0.0953. The van der Waals surface area contributed by atoms with Gasteiger partial charge in [-0.2, -0.15) is 33.0 Å². The van der Waals surface area contributed by atoms with Gasteiger partial charge in [0.25, 0.3) is 11.8 Å². The predicted molar refractivity (Wildman–Crippen MR) is 270 cm³/mol. The van der Waals surface area contributed by atoms with Crippen LogP contribution in [0, 0.1) is 17.9 Å². The van der Waals surface area contributed by atoms with Crippen LogP contribution >= 0.6 is 15.9 Å². The van der Waals surface area contributed by atoms with E-state index in [9.17, 15) is 36.7 Å². The monoisotopic (exact) mass is 1050 g/mol. The number of nitrogens with one attached hydrogen (secondary N) is 3. The third-order valence-corrected chi connectivity index (χ3v) is 12.6. The van der Waals surface area contributed by atoms with Crippen molar-refractivity contribution in [3.8, 4) is 11.8 Å². The number of carbonyl (C=O) groups excluding carboxylic acids is 4. The number of fused-ring (bicyclic) bond motifs is 2. The maximum absolute atomic E-state index is 13.6. The Morgan fingerprint density at radius 2 is 1.19 bits per heavy atom. The molecule has 2 fully saturated rings. The average Bonchev–Trinajstić information content (AvgIpc) is 4.18. The zero-order chi connectivity index (χ0) is 52.0. The second kappa shape index (κ2) is 21.4. The molecule has 10 rings (SSSR count). The Morgan fingerprint density at radius 3 is 1.68 bits per heavy atom. The van der Waals surface area contributed by atoms with Crippen LogP contribution in [0.4, 0.5) is 34.6 Å². The summed E-state index contributed by atoms with van der Waals surface area (Å²) in [6.45, 7) is 7.70. The third kappa shape index (κ3) is 11.4. The second-order valence-electron chi connectivity index (χ2n) is 17.3. The average molecular weight is 1050 g/mol. The Balaban J connectivity index is 0.000000170. The van der Waals surface area contributed by atoms with E-state index in [0.29, 0.717) is 36.5 Å². The molecule has 0 spiro atoms. The summed E-state index contributed by atoms with van der Waals surface area (Å²) in [5, 5.41) is 26.6. The van der Waals surface area contributed by atoms with Gasteiger partial charge in [0.05, 0.1) is 71.5 Å². The van der Waals surface area contributed by atoms with E-state index < -0.39 is 47.8 Å². The maximum Gasteiger partial charge on any atom is 0.321 e. The first-order chi connectivity index (χ1) is 34.9. The zero-order valence-corrected chi connectivity index (χ0v) is 40.5. The number of aromatic nitrogens is 4. The first-order valence-corrected chi connectivity index (χ1v) is 23.4. The molecule has 0 radical (unpaired) electrons. The van der Waals surface area contributed by atoms with Crippen molar-refractivity contribution < 1.29 is 36.7 Å². The minimum atomic E-state index is -3.56. The highest BCUT2D eigenvalue weighted by molar-refractivity contribution is 9.10. The summed E-state index contributed by atoms with van der Waals surface area (Å²) >= 11 is 3.27. The number of anilines is 2. The number of benzene rings is 6. The Morgan fingerprint density at radius 1 is 0.699 bits per heavy atom. The van der Waals surface area contributed by atoms with E-state index in [4.69, 9.17) is 11.8 Å². The first kappa shape index (κ1) is 50.7. The van der Waals surface area contributed by atoms with Crippen LogP contribution in [-0.4, -0.2) is 67.5 Å². The standard InChI is InChI=1S/C27H21F2N5O2.C20H18F2N4O2.C7H4BrN/c1-27(28,29)26(36)32-22-14-24(35)33(25(22)18-5-3-2-4-6-18)21-11-12-23-19(13-21)16-31-34(23)20-9-7-17(15-30)8-10-20;1-20(21,22)19(28)24-16-10-17(27)26(18(16)12-5-3-2-4-6-12)14-7-8-15-13(9-14)11-23-25-15;1-9-7-4-2-6(8)3-5-7/h2-13,16,22,25H,14H2,1H3,(H,32,36);2-9,11,16,18H,10H2,1H3,(H,23,25)(H,24,28);2-5H/t22-,25?;16-,18?;/m00./s1. The SMILES string of the molecule is CC(F)(F)C(=O)N[C@H]1CC(=O)N(c2ccc3[nH]ncc3c2)C1c1ccccc1.CC(F)(F)C(=O)N[C@H]1CC(=O)N(c2ccc3c(cnn3-c3ccc(C#N)cc3)c2)C1c1ccccc1.[C-]#[N+]c1ccc(Br)cc1. The van der Waals surface area contributed by atoms with Gasteiger partial charge in [0.1, 0.15) is 0 Å². The molecule has 4 atom stereocenters. The summed E-state index contributed by atoms with van der Waals surface area (Å²) in [4.78, 5) is 56.3. The van der Waals surface area contributed by atoms with Crippen molar-refractivity contribution in [3.05, 3.63) is 191 Å². The molecule has 0 aliphatic carbocycles. The molecule has 2 aliphatic heterocycles. The van der Waals surface area contributed by atoms with Gasteiger partial charge in [0, 0.05) is 53.3 Å². The van der Waals surface area contributed by atoms with Crippen molar-refractivity contribution in [2.45, 2.75) is 62.7 Å². The summed E-state index contributed by atoms with van der Waals surface area (Å²) < 4.78 is 56.9. The summed E-state index contributed by atoms with van der Waals surface area (Å²) in [7, 11) is 0. The lowest BCUT2D eigenvalue weighted by Crippen LogP contribution is -2.46. The van der Waals surface area contributed by atoms with Gasteiger partial charge < -0.3 is 20.4 Å². The van der Waals surface area contributed by atoms with Crippen molar-refractivity contribution in [1.82, 2.24) is 30.6 Å². The number of carbonyl (C=O) groups is 4. The van der Waals surface area contributed by atoms with Crippen LogP contribution in [0.5, 0.6) is 0 Å². The molecule has 2 unspecified atom stereocenters. The van der Waals surface area contributed by atoms with E-state index in [1.54, 1.807) is 106 Å². The van der Waals surface area contributed by atoms with Gasteiger partial charge in [0.2, 0.25) is 11.8 Å². The normalized spacial score (nSPS) is 17.5. The molecule has 4 amide bonds. The van der Waals surface area contributed by atoms with Crippen molar-refractivity contribution in [3.63, 3.8) is 0 Å². The molecule has 368 valence electrons. The highest BCUT2D eigenvalue weighted by atomic mass is 79.9. The number of hydrogen-bond donors (Lipinski definition) is 3. The summed E-state index contributed by atoms with van der Waals surface area (Å²) in [6.07, 6.45) is 3.15. The lowest BCUT2D eigenvalue weighted by Gasteiger charge is -2.29. The maximum atomic E-state index is 13.6. The molecule has 2 aliphatic rings. The molecule has 3 N–H and O–H groups in total. The number of aromatic amines is 1. The van der Waals surface area contributed by atoms with Crippen molar-refractivity contribution in [2.75, 3.05) is 9.80 Å². The topological polar surface area (TPSA) is 173 Å². The lowest BCUT2D eigenvalue weighted by atomic mass is 9.99. The Kier molecular flexibility index (Phi) is 14.8.